The van der Waals surface area contributed by atoms with Crippen molar-refractivity contribution in [3.8, 4) is 5.75 Å². The smallest absolute Gasteiger partial charge is 0.220 e. The second kappa shape index (κ2) is 9.51. The summed E-state index contributed by atoms with van der Waals surface area (Å²) in [6, 6.07) is 12.4. The lowest BCUT2D eigenvalue weighted by atomic mass is 10.1. The number of nitrogens with one attached hydrogen (secondary N) is 1. The molecule has 25 heavy (non-hydrogen) atoms. The van der Waals surface area contributed by atoms with Crippen LogP contribution in [0.4, 0.5) is 5.69 Å². The molecule has 0 aliphatic rings. The van der Waals surface area contributed by atoms with Crippen molar-refractivity contribution >= 4 is 34.8 Å². The summed E-state index contributed by atoms with van der Waals surface area (Å²) in [4.78, 5) is 11.9. The fourth-order valence-electron chi connectivity index (χ4n) is 2.17. The maximum absolute atomic E-state index is 11.9. The van der Waals surface area contributed by atoms with Crippen LogP contribution in [0.25, 0.3) is 0 Å². The lowest BCUT2D eigenvalue weighted by Gasteiger charge is -2.14. The van der Waals surface area contributed by atoms with Gasteiger partial charge in [-0.2, -0.15) is 0 Å². The lowest BCUT2D eigenvalue weighted by molar-refractivity contribution is -0.121. The van der Waals surface area contributed by atoms with Crippen molar-refractivity contribution < 1.29 is 14.6 Å². The van der Waals surface area contributed by atoms with E-state index in [-0.39, 0.29) is 19.1 Å². The molecule has 2 aromatic rings. The largest absolute Gasteiger partial charge is 0.489 e. The van der Waals surface area contributed by atoms with Crippen LogP contribution in [0.5, 0.6) is 5.75 Å². The Morgan fingerprint density at radius 3 is 2.72 bits per heavy atom. The minimum atomic E-state index is -0.860. The van der Waals surface area contributed by atoms with Crippen LogP contribution in [0, 0.1) is 0 Å². The van der Waals surface area contributed by atoms with E-state index >= 15 is 0 Å². The number of aliphatic hydroxyl groups is 1. The lowest BCUT2D eigenvalue weighted by Crippen LogP contribution is -2.35. The number of amides is 1. The summed E-state index contributed by atoms with van der Waals surface area (Å²) in [5, 5.41) is 13.2. The summed E-state index contributed by atoms with van der Waals surface area (Å²) >= 11 is 11.9. The quantitative estimate of drug-likeness (QED) is 0.612. The third-order valence-electron chi connectivity index (χ3n) is 3.56. The molecule has 134 valence electrons. The van der Waals surface area contributed by atoms with E-state index < -0.39 is 6.10 Å². The number of ether oxygens (including phenoxy) is 1. The van der Waals surface area contributed by atoms with Crippen LogP contribution in [0.3, 0.4) is 0 Å². The minimum Gasteiger partial charge on any atom is -0.489 e. The van der Waals surface area contributed by atoms with E-state index in [1.807, 2.05) is 18.2 Å². The van der Waals surface area contributed by atoms with Gasteiger partial charge in [-0.3, -0.25) is 4.79 Å². The first-order valence-electron chi connectivity index (χ1n) is 7.82. The third kappa shape index (κ3) is 6.12. The van der Waals surface area contributed by atoms with Gasteiger partial charge in [-0.15, -0.1) is 0 Å². The Balaban J connectivity index is 1.70. The van der Waals surface area contributed by atoms with Gasteiger partial charge in [0.1, 0.15) is 23.5 Å². The highest BCUT2D eigenvalue weighted by atomic mass is 35.5. The Morgan fingerprint density at radius 1 is 1.20 bits per heavy atom. The average Bonchev–Trinajstić information content (AvgIpc) is 2.60. The van der Waals surface area contributed by atoms with E-state index in [9.17, 15) is 9.90 Å². The Hall–Kier alpha value is -1.95. The van der Waals surface area contributed by atoms with Gasteiger partial charge in [0.25, 0.3) is 0 Å². The SMILES string of the molecule is Nc1ccccc1CCC(=O)NCC(O)COc1cccc(Cl)c1Cl. The van der Waals surface area contributed by atoms with Gasteiger partial charge in [0, 0.05) is 18.7 Å². The van der Waals surface area contributed by atoms with E-state index in [0.29, 0.717) is 34.3 Å². The molecule has 4 N–H and O–H groups in total. The van der Waals surface area contributed by atoms with Gasteiger partial charge >= 0.3 is 0 Å². The topological polar surface area (TPSA) is 84.6 Å². The predicted octanol–water partition coefficient (Wildman–Crippen LogP) is 3.06. The number of benzene rings is 2. The number of carbonyl (C=O) groups is 1. The van der Waals surface area contributed by atoms with E-state index in [0.717, 1.165) is 5.56 Å². The number of nitrogen functional groups attached to an aromatic ring is 1. The van der Waals surface area contributed by atoms with Crippen LogP contribution in [-0.4, -0.2) is 30.3 Å². The van der Waals surface area contributed by atoms with Crippen molar-refractivity contribution in [3.63, 3.8) is 0 Å². The fourth-order valence-corrected chi connectivity index (χ4v) is 2.52. The maximum atomic E-state index is 11.9. The third-order valence-corrected chi connectivity index (χ3v) is 4.36. The highest BCUT2D eigenvalue weighted by Gasteiger charge is 2.11. The normalized spacial score (nSPS) is 11.8. The van der Waals surface area contributed by atoms with Crippen LogP contribution >= 0.6 is 23.2 Å². The predicted molar refractivity (Wildman–Crippen MR) is 100 cm³/mol. The molecule has 0 saturated carbocycles. The van der Waals surface area contributed by atoms with Gasteiger partial charge in [-0.25, -0.2) is 0 Å². The summed E-state index contributed by atoms with van der Waals surface area (Å²) in [5.74, 6) is 0.224. The number of hydrogen-bond donors (Lipinski definition) is 3. The zero-order valence-corrected chi connectivity index (χ0v) is 15.1. The molecular weight excluding hydrogens is 363 g/mol. The highest BCUT2D eigenvalue weighted by Crippen LogP contribution is 2.31. The molecular formula is C18H20Cl2N2O3. The Kier molecular flexibility index (Phi) is 7.37. The van der Waals surface area contributed by atoms with Crippen molar-refractivity contribution in [3.05, 3.63) is 58.1 Å². The number of halogens is 2. The second-order valence-electron chi connectivity index (χ2n) is 5.52. The first-order valence-corrected chi connectivity index (χ1v) is 8.58. The van der Waals surface area contributed by atoms with E-state index in [2.05, 4.69) is 5.32 Å². The minimum absolute atomic E-state index is 0.00796. The number of para-hydroxylation sites is 1. The standard InChI is InChI=1S/C18H20Cl2N2O3/c19-14-5-3-7-16(18(14)20)25-11-13(23)10-22-17(24)9-8-12-4-1-2-6-15(12)21/h1-7,13,23H,8-11,21H2,(H,22,24). The van der Waals surface area contributed by atoms with Gasteiger partial charge in [-0.05, 0) is 30.2 Å². The van der Waals surface area contributed by atoms with Gasteiger partial charge < -0.3 is 20.9 Å². The molecule has 0 saturated heterocycles. The molecule has 0 radical (unpaired) electrons. The second-order valence-corrected chi connectivity index (χ2v) is 6.30. The van der Waals surface area contributed by atoms with Crippen molar-refractivity contribution in [2.45, 2.75) is 18.9 Å². The maximum Gasteiger partial charge on any atom is 0.220 e. The van der Waals surface area contributed by atoms with Crippen molar-refractivity contribution in [1.82, 2.24) is 5.32 Å². The van der Waals surface area contributed by atoms with Gasteiger partial charge in [0.05, 0.1) is 5.02 Å². The number of aliphatic hydroxyl groups excluding tert-OH is 1. The molecule has 1 atom stereocenters. The van der Waals surface area contributed by atoms with Crippen LogP contribution in [-0.2, 0) is 11.2 Å². The number of hydrogen-bond acceptors (Lipinski definition) is 4. The molecule has 1 unspecified atom stereocenters. The number of anilines is 1. The summed E-state index contributed by atoms with van der Waals surface area (Å²) in [6.07, 6.45) is -0.0219. The molecule has 0 aliphatic heterocycles. The molecule has 0 spiro atoms. The van der Waals surface area contributed by atoms with Crippen LogP contribution in [0.15, 0.2) is 42.5 Å². The Labute approximate surface area is 156 Å². The van der Waals surface area contributed by atoms with Crippen LogP contribution < -0.4 is 15.8 Å². The van der Waals surface area contributed by atoms with E-state index in [4.69, 9.17) is 33.7 Å². The number of aryl methyl sites for hydroxylation is 1. The summed E-state index contributed by atoms with van der Waals surface area (Å²) in [7, 11) is 0. The van der Waals surface area contributed by atoms with Crippen molar-refractivity contribution in [2.24, 2.45) is 0 Å². The molecule has 0 fully saturated rings. The fraction of sp³-hybridized carbons (Fsp3) is 0.278. The number of carbonyl (C=O) groups excluding carboxylic acids is 1. The average molecular weight is 383 g/mol. The molecule has 0 aromatic heterocycles. The van der Waals surface area contributed by atoms with Crippen LogP contribution in [0.1, 0.15) is 12.0 Å². The number of nitrogens with two attached hydrogens (primary N) is 1. The summed E-state index contributed by atoms with van der Waals surface area (Å²) in [5.41, 5.74) is 7.43. The number of rotatable bonds is 8. The van der Waals surface area contributed by atoms with Gasteiger partial charge in [0.15, 0.2) is 0 Å². The molecule has 0 heterocycles. The molecule has 0 bridgehead atoms. The summed E-state index contributed by atoms with van der Waals surface area (Å²) in [6.45, 7) is 0.0767. The summed E-state index contributed by atoms with van der Waals surface area (Å²) < 4.78 is 5.42. The molecule has 0 aliphatic carbocycles. The van der Waals surface area contributed by atoms with Gasteiger partial charge in [-0.1, -0.05) is 47.5 Å². The van der Waals surface area contributed by atoms with Crippen molar-refractivity contribution in [1.29, 1.82) is 0 Å². The Bertz CT molecular complexity index is 725. The molecule has 7 heteroatoms. The highest BCUT2D eigenvalue weighted by molar-refractivity contribution is 6.42. The molecule has 2 rings (SSSR count). The van der Waals surface area contributed by atoms with Gasteiger partial charge in [0.2, 0.25) is 5.91 Å². The molecule has 1 amide bonds. The zero-order valence-electron chi connectivity index (χ0n) is 13.5. The van der Waals surface area contributed by atoms with E-state index in [1.165, 1.54) is 0 Å². The zero-order chi connectivity index (χ0) is 18.2. The van der Waals surface area contributed by atoms with Crippen molar-refractivity contribution in [2.75, 3.05) is 18.9 Å². The first-order chi connectivity index (χ1) is 12.0. The van der Waals surface area contributed by atoms with Crippen LogP contribution in [0.2, 0.25) is 10.0 Å². The molecule has 5 nitrogen and oxygen atoms in total. The molecule has 2 aromatic carbocycles. The first kappa shape index (κ1) is 19.4. The Morgan fingerprint density at radius 2 is 1.96 bits per heavy atom. The van der Waals surface area contributed by atoms with E-state index in [1.54, 1.807) is 24.3 Å². The monoisotopic (exact) mass is 382 g/mol.